The van der Waals surface area contributed by atoms with Crippen molar-refractivity contribution in [2.24, 2.45) is 0 Å². The SMILES string of the molecule is COCCNCCCCc1c(Cl)cc(Cl)c(Cl)c1Cl. The van der Waals surface area contributed by atoms with E-state index in [0.717, 1.165) is 44.5 Å². The van der Waals surface area contributed by atoms with Crippen molar-refractivity contribution >= 4 is 46.4 Å². The highest BCUT2D eigenvalue weighted by Gasteiger charge is 2.13. The molecule has 0 aliphatic rings. The van der Waals surface area contributed by atoms with Crippen LogP contribution in [0.5, 0.6) is 0 Å². The fourth-order valence-electron chi connectivity index (χ4n) is 1.68. The molecule has 0 aliphatic carbocycles. The maximum absolute atomic E-state index is 6.15. The molecule has 0 radical (unpaired) electrons. The van der Waals surface area contributed by atoms with Crippen LogP contribution in [0.3, 0.4) is 0 Å². The van der Waals surface area contributed by atoms with Gasteiger partial charge in [-0.25, -0.2) is 0 Å². The van der Waals surface area contributed by atoms with E-state index in [4.69, 9.17) is 51.1 Å². The first-order chi connectivity index (χ1) is 9.07. The molecule has 1 aromatic carbocycles. The number of benzene rings is 1. The van der Waals surface area contributed by atoms with E-state index in [0.29, 0.717) is 20.1 Å². The van der Waals surface area contributed by atoms with Gasteiger partial charge in [0.15, 0.2) is 0 Å². The van der Waals surface area contributed by atoms with E-state index in [1.165, 1.54) is 0 Å². The summed E-state index contributed by atoms with van der Waals surface area (Å²) in [5, 5.41) is 5.09. The number of ether oxygens (including phenoxy) is 1. The maximum atomic E-state index is 6.15. The van der Waals surface area contributed by atoms with Crippen molar-refractivity contribution in [2.75, 3.05) is 26.8 Å². The Bertz CT molecular complexity index is 412. The van der Waals surface area contributed by atoms with Crippen LogP contribution in [0.15, 0.2) is 6.07 Å². The zero-order valence-corrected chi connectivity index (χ0v) is 13.8. The van der Waals surface area contributed by atoms with Gasteiger partial charge in [-0.1, -0.05) is 46.4 Å². The molecular formula is C13H17Cl4NO. The molecule has 0 aliphatic heterocycles. The molecule has 0 atom stereocenters. The maximum Gasteiger partial charge on any atom is 0.0782 e. The second-order valence-electron chi connectivity index (χ2n) is 4.15. The summed E-state index contributed by atoms with van der Waals surface area (Å²) in [4.78, 5) is 0. The summed E-state index contributed by atoms with van der Waals surface area (Å²) in [5.74, 6) is 0. The molecule has 108 valence electrons. The number of methoxy groups -OCH3 is 1. The van der Waals surface area contributed by atoms with Crippen LogP contribution in [0.4, 0.5) is 0 Å². The molecule has 1 N–H and O–H groups in total. The van der Waals surface area contributed by atoms with E-state index in [1.54, 1.807) is 13.2 Å². The molecule has 0 spiro atoms. The highest BCUT2D eigenvalue weighted by atomic mass is 35.5. The van der Waals surface area contributed by atoms with E-state index in [1.807, 2.05) is 0 Å². The van der Waals surface area contributed by atoms with E-state index in [2.05, 4.69) is 5.32 Å². The Hall–Kier alpha value is 0.300. The number of hydrogen-bond donors (Lipinski definition) is 1. The Labute approximate surface area is 134 Å². The van der Waals surface area contributed by atoms with E-state index < -0.39 is 0 Å². The normalized spacial score (nSPS) is 11.0. The zero-order chi connectivity index (χ0) is 14.3. The van der Waals surface area contributed by atoms with Crippen LogP contribution < -0.4 is 5.32 Å². The molecule has 0 fully saturated rings. The molecule has 0 unspecified atom stereocenters. The van der Waals surface area contributed by atoms with Crippen molar-refractivity contribution in [3.05, 3.63) is 31.7 Å². The predicted octanol–water partition coefficient (Wildman–Crippen LogP) is 4.86. The smallest absolute Gasteiger partial charge is 0.0782 e. The topological polar surface area (TPSA) is 21.3 Å². The fraction of sp³-hybridized carbons (Fsp3) is 0.538. The predicted molar refractivity (Wildman–Crippen MR) is 84.2 cm³/mol. The monoisotopic (exact) mass is 343 g/mol. The molecule has 0 aromatic heterocycles. The number of rotatable bonds is 8. The lowest BCUT2D eigenvalue weighted by atomic mass is 10.1. The van der Waals surface area contributed by atoms with Crippen LogP contribution >= 0.6 is 46.4 Å². The summed E-state index contributed by atoms with van der Waals surface area (Å²) < 4.78 is 4.95. The first-order valence-corrected chi connectivity index (χ1v) is 7.60. The minimum atomic E-state index is 0.376. The summed E-state index contributed by atoms with van der Waals surface area (Å²) in [6.45, 7) is 2.54. The van der Waals surface area contributed by atoms with Crippen LogP contribution in [0.25, 0.3) is 0 Å². The lowest BCUT2D eigenvalue weighted by Gasteiger charge is -2.10. The molecule has 0 amide bonds. The Morgan fingerprint density at radius 3 is 2.42 bits per heavy atom. The van der Waals surface area contributed by atoms with Crippen LogP contribution in [-0.4, -0.2) is 26.8 Å². The first-order valence-electron chi connectivity index (χ1n) is 6.09. The molecular weight excluding hydrogens is 328 g/mol. The van der Waals surface area contributed by atoms with Gasteiger partial charge in [-0.3, -0.25) is 0 Å². The molecule has 0 saturated heterocycles. The van der Waals surface area contributed by atoms with E-state index in [-0.39, 0.29) is 0 Å². The quantitative estimate of drug-likeness (QED) is 0.413. The summed E-state index contributed by atoms with van der Waals surface area (Å²) in [6, 6.07) is 1.64. The van der Waals surface area contributed by atoms with Crippen molar-refractivity contribution < 1.29 is 4.74 Å². The van der Waals surface area contributed by atoms with Gasteiger partial charge in [-0.15, -0.1) is 0 Å². The van der Waals surface area contributed by atoms with Crippen LogP contribution in [0.1, 0.15) is 18.4 Å². The number of halogens is 4. The zero-order valence-electron chi connectivity index (χ0n) is 10.7. The molecule has 2 nitrogen and oxygen atoms in total. The van der Waals surface area contributed by atoms with Gasteiger partial charge in [0.2, 0.25) is 0 Å². The van der Waals surface area contributed by atoms with Gasteiger partial charge in [0, 0.05) is 18.7 Å². The van der Waals surface area contributed by atoms with Crippen LogP contribution in [0.2, 0.25) is 20.1 Å². The van der Waals surface area contributed by atoms with Gasteiger partial charge < -0.3 is 10.1 Å². The lowest BCUT2D eigenvalue weighted by molar-refractivity contribution is 0.199. The third-order valence-corrected chi connectivity index (χ3v) is 4.36. The number of nitrogens with one attached hydrogen (secondary N) is 1. The second-order valence-corrected chi connectivity index (χ2v) is 5.72. The summed E-state index contributed by atoms with van der Waals surface area (Å²) in [7, 11) is 1.69. The molecule has 0 saturated carbocycles. The molecule has 6 heteroatoms. The highest BCUT2D eigenvalue weighted by Crippen LogP contribution is 2.38. The van der Waals surface area contributed by atoms with Gasteiger partial charge in [0.05, 0.1) is 21.7 Å². The molecule has 1 aromatic rings. The minimum absolute atomic E-state index is 0.376. The average Bonchev–Trinajstić information content (AvgIpc) is 2.38. The van der Waals surface area contributed by atoms with E-state index in [9.17, 15) is 0 Å². The van der Waals surface area contributed by atoms with E-state index >= 15 is 0 Å². The van der Waals surface area contributed by atoms with Gasteiger partial charge in [-0.2, -0.15) is 0 Å². The number of unbranched alkanes of at least 4 members (excludes halogenated alkanes) is 1. The third-order valence-electron chi connectivity index (χ3n) is 2.72. The van der Waals surface area contributed by atoms with Crippen molar-refractivity contribution in [3.8, 4) is 0 Å². The fourth-order valence-corrected chi connectivity index (χ4v) is 2.81. The summed E-state index contributed by atoms with van der Waals surface area (Å²) >= 11 is 24.2. The molecule has 0 heterocycles. The lowest BCUT2D eigenvalue weighted by Crippen LogP contribution is -2.20. The Kier molecular flexibility index (Phi) is 8.47. The Morgan fingerprint density at radius 2 is 1.74 bits per heavy atom. The van der Waals surface area contributed by atoms with Gasteiger partial charge in [-0.05, 0) is 37.4 Å². The third kappa shape index (κ3) is 5.66. The molecule has 19 heavy (non-hydrogen) atoms. The van der Waals surface area contributed by atoms with Crippen molar-refractivity contribution in [2.45, 2.75) is 19.3 Å². The first kappa shape index (κ1) is 17.4. The van der Waals surface area contributed by atoms with Crippen molar-refractivity contribution in [1.82, 2.24) is 5.32 Å². The largest absolute Gasteiger partial charge is 0.383 e. The second kappa shape index (κ2) is 9.28. The average molecular weight is 345 g/mol. The van der Waals surface area contributed by atoms with Crippen molar-refractivity contribution in [1.29, 1.82) is 0 Å². The van der Waals surface area contributed by atoms with Gasteiger partial charge in [0.1, 0.15) is 0 Å². The molecule has 1 rings (SSSR count). The summed E-state index contributed by atoms with van der Waals surface area (Å²) in [6.07, 6.45) is 2.81. The molecule has 0 bridgehead atoms. The van der Waals surface area contributed by atoms with Crippen LogP contribution in [0, 0.1) is 0 Å². The highest BCUT2D eigenvalue weighted by molar-refractivity contribution is 6.49. The van der Waals surface area contributed by atoms with Gasteiger partial charge >= 0.3 is 0 Å². The Morgan fingerprint density at radius 1 is 1.00 bits per heavy atom. The van der Waals surface area contributed by atoms with Gasteiger partial charge in [0.25, 0.3) is 0 Å². The standard InChI is InChI=1S/C13H17Cl4NO/c1-19-7-6-18-5-3-2-4-9-10(14)8-11(15)13(17)12(9)16/h8,18H,2-7H2,1H3. The number of hydrogen-bond acceptors (Lipinski definition) is 2. The minimum Gasteiger partial charge on any atom is -0.383 e. The Balaban J connectivity index is 2.39. The van der Waals surface area contributed by atoms with Crippen LogP contribution in [-0.2, 0) is 11.2 Å². The summed E-state index contributed by atoms with van der Waals surface area (Å²) in [5.41, 5.74) is 0.870. The van der Waals surface area contributed by atoms with Crippen molar-refractivity contribution in [3.63, 3.8) is 0 Å².